The third kappa shape index (κ3) is 5.62. The smallest absolute Gasteiger partial charge is 0.358 e. The Bertz CT molecular complexity index is 1110. The maximum Gasteiger partial charge on any atom is 0.358 e. The van der Waals surface area contributed by atoms with Crippen LogP contribution in [0.3, 0.4) is 0 Å². The van der Waals surface area contributed by atoms with Crippen molar-refractivity contribution >= 4 is 47.2 Å². The first kappa shape index (κ1) is 27.0. The molecule has 3 N–H and O–H groups in total. The number of oxime groups is 1. The van der Waals surface area contributed by atoms with Gasteiger partial charge >= 0.3 is 11.9 Å². The highest BCUT2D eigenvalue weighted by atomic mass is 32.2. The molecule has 2 atom stereocenters. The minimum absolute atomic E-state index is 0.0158. The van der Waals surface area contributed by atoms with Crippen molar-refractivity contribution in [1.82, 2.24) is 15.2 Å². The van der Waals surface area contributed by atoms with Gasteiger partial charge in [0.15, 0.2) is 5.71 Å². The minimum Gasteiger partial charge on any atom is -0.432 e. The number of rotatable bonds is 9. The molecule has 3 rings (SSSR count). The van der Waals surface area contributed by atoms with Crippen LogP contribution >= 0.6 is 11.8 Å². The Morgan fingerprint density at radius 2 is 2.03 bits per heavy atom. The maximum absolute atomic E-state index is 13.0. The zero-order valence-electron chi connectivity index (χ0n) is 20.4. The van der Waals surface area contributed by atoms with Gasteiger partial charge in [-0.3, -0.25) is 19.3 Å². The van der Waals surface area contributed by atoms with E-state index in [-0.39, 0.29) is 29.7 Å². The fraction of sp³-hybridized carbons (Fsp3) is 0.524. The Hall–Kier alpha value is -3.59. The van der Waals surface area contributed by atoms with Crippen molar-refractivity contribution in [3.8, 4) is 0 Å². The summed E-state index contributed by atoms with van der Waals surface area (Å²) in [4.78, 5) is 60.5. The van der Waals surface area contributed by atoms with E-state index < -0.39 is 47.4 Å². The van der Waals surface area contributed by atoms with Gasteiger partial charge in [-0.15, -0.1) is 11.8 Å². The van der Waals surface area contributed by atoms with Crippen molar-refractivity contribution < 1.29 is 42.6 Å². The van der Waals surface area contributed by atoms with E-state index in [9.17, 15) is 19.2 Å². The van der Waals surface area contributed by atoms with E-state index >= 15 is 0 Å². The zero-order valence-corrected chi connectivity index (χ0v) is 21.2. The SMILES string of the molecule is COCC1=C(C(=O)OCOC(=O)C(C)(C)C)N2C(=O)[C@@H](NC(=O)/C(=N\OC)c3coc(N)n3)[C@H]2SC1. The zero-order chi connectivity index (χ0) is 26.6. The summed E-state index contributed by atoms with van der Waals surface area (Å²) in [6.07, 6.45) is 1.12. The molecule has 1 aromatic heterocycles. The van der Waals surface area contributed by atoms with Gasteiger partial charge in [0.1, 0.15) is 36.2 Å². The van der Waals surface area contributed by atoms with E-state index in [2.05, 4.69) is 15.5 Å². The number of hydrogen-bond acceptors (Lipinski definition) is 13. The molecule has 1 fully saturated rings. The summed E-state index contributed by atoms with van der Waals surface area (Å²) < 4.78 is 20.2. The molecular weight excluding hydrogens is 498 g/mol. The molecule has 2 amide bonds. The van der Waals surface area contributed by atoms with Crippen molar-refractivity contribution in [3.05, 3.63) is 23.2 Å². The second-order valence-corrected chi connectivity index (χ2v) is 9.78. The van der Waals surface area contributed by atoms with Gasteiger partial charge in [-0.25, -0.2) is 4.79 Å². The van der Waals surface area contributed by atoms with Crippen LogP contribution in [0.15, 0.2) is 27.1 Å². The van der Waals surface area contributed by atoms with Gasteiger partial charge in [-0.1, -0.05) is 5.16 Å². The summed E-state index contributed by atoms with van der Waals surface area (Å²) in [5, 5.41) is 5.62. The normalized spacial score (nSPS) is 19.9. The predicted octanol–water partition coefficient (Wildman–Crippen LogP) is -0.00230. The molecular formula is C21H27N5O9S. The topological polar surface area (TPSA) is 185 Å². The molecule has 3 heterocycles. The van der Waals surface area contributed by atoms with E-state index in [1.165, 1.54) is 30.9 Å². The van der Waals surface area contributed by atoms with Crippen LogP contribution in [0.25, 0.3) is 0 Å². The molecule has 14 nitrogen and oxygen atoms in total. The van der Waals surface area contributed by atoms with Crippen molar-refractivity contribution in [1.29, 1.82) is 0 Å². The van der Waals surface area contributed by atoms with Crippen molar-refractivity contribution in [2.24, 2.45) is 10.6 Å². The Morgan fingerprint density at radius 1 is 1.31 bits per heavy atom. The number of fused-ring (bicyclic) bond motifs is 1. The van der Waals surface area contributed by atoms with Crippen molar-refractivity contribution in [2.75, 3.05) is 39.1 Å². The van der Waals surface area contributed by atoms with Crippen molar-refractivity contribution in [2.45, 2.75) is 32.2 Å². The third-order valence-corrected chi connectivity index (χ3v) is 6.34. The van der Waals surface area contributed by atoms with E-state index in [1.807, 2.05) is 0 Å². The molecule has 1 saturated heterocycles. The average Bonchev–Trinajstić information content (AvgIpc) is 3.25. The van der Waals surface area contributed by atoms with Gasteiger partial charge < -0.3 is 34.5 Å². The summed E-state index contributed by atoms with van der Waals surface area (Å²) in [6.45, 7) is 4.44. The number of aromatic nitrogens is 1. The summed E-state index contributed by atoms with van der Waals surface area (Å²) in [6, 6.07) is -1.15. The summed E-state index contributed by atoms with van der Waals surface area (Å²) in [5.74, 6) is -2.38. The predicted molar refractivity (Wildman–Crippen MR) is 125 cm³/mol. The molecule has 0 spiro atoms. The number of esters is 2. The minimum atomic E-state index is -0.973. The quantitative estimate of drug-likeness (QED) is 0.145. The lowest BCUT2D eigenvalue weighted by Gasteiger charge is -2.49. The monoisotopic (exact) mass is 525 g/mol. The first-order valence-electron chi connectivity index (χ1n) is 10.6. The highest BCUT2D eigenvalue weighted by Crippen LogP contribution is 2.40. The van der Waals surface area contributed by atoms with Gasteiger partial charge in [0.2, 0.25) is 6.79 Å². The van der Waals surface area contributed by atoms with Crippen LogP contribution in [0.1, 0.15) is 26.5 Å². The number of nitrogens with two attached hydrogens (primary N) is 1. The van der Waals surface area contributed by atoms with Crippen LogP contribution in [0.2, 0.25) is 0 Å². The number of hydrogen-bond donors (Lipinski definition) is 2. The van der Waals surface area contributed by atoms with Crippen LogP contribution in [-0.4, -0.2) is 84.1 Å². The van der Waals surface area contributed by atoms with Crippen molar-refractivity contribution in [3.63, 3.8) is 0 Å². The Balaban J connectivity index is 1.73. The summed E-state index contributed by atoms with van der Waals surface area (Å²) >= 11 is 1.33. The molecule has 0 saturated carbocycles. The highest BCUT2D eigenvalue weighted by Gasteiger charge is 2.54. The summed E-state index contributed by atoms with van der Waals surface area (Å²) in [7, 11) is 2.69. The number of carbonyl (C=O) groups excluding carboxylic acids is 4. The Kier molecular flexibility index (Phi) is 8.24. The largest absolute Gasteiger partial charge is 0.432 e. The number of anilines is 1. The van der Waals surface area contributed by atoms with E-state index in [4.69, 9.17) is 29.2 Å². The number of nitrogen functional groups attached to an aromatic ring is 1. The Labute approximate surface area is 210 Å². The number of amides is 2. The second-order valence-electron chi connectivity index (χ2n) is 8.67. The number of nitrogens with zero attached hydrogens (tertiary/aromatic N) is 3. The number of carbonyl (C=O) groups is 4. The maximum atomic E-state index is 13.0. The van der Waals surface area contributed by atoms with Crippen LogP contribution < -0.4 is 11.1 Å². The number of β-lactam (4-membered cyclic amide) rings is 1. The molecule has 0 bridgehead atoms. The molecule has 0 aromatic carbocycles. The van der Waals surface area contributed by atoms with E-state index in [0.29, 0.717) is 11.3 Å². The van der Waals surface area contributed by atoms with Gasteiger partial charge in [-0.05, 0) is 26.3 Å². The third-order valence-electron chi connectivity index (χ3n) is 5.00. The lowest BCUT2D eigenvalue weighted by Crippen LogP contribution is -2.71. The molecule has 36 heavy (non-hydrogen) atoms. The van der Waals surface area contributed by atoms with Crippen LogP contribution in [0, 0.1) is 5.41 Å². The van der Waals surface area contributed by atoms with E-state index in [0.717, 1.165) is 6.26 Å². The molecule has 0 radical (unpaired) electrons. The average molecular weight is 526 g/mol. The first-order chi connectivity index (χ1) is 17.0. The van der Waals surface area contributed by atoms with Crippen LogP contribution in [0.4, 0.5) is 6.01 Å². The number of ether oxygens (including phenoxy) is 3. The lowest BCUT2D eigenvalue weighted by atomic mass is 9.98. The van der Waals surface area contributed by atoms with Gasteiger partial charge in [0, 0.05) is 12.9 Å². The lowest BCUT2D eigenvalue weighted by molar-refractivity contribution is -0.173. The first-order valence-corrected chi connectivity index (χ1v) is 11.7. The van der Waals surface area contributed by atoms with E-state index in [1.54, 1.807) is 20.8 Å². The number of nitrogens with one attached hydrogen (secondary N) is 1. The highest BCUT2D eigenvalue weighted by molar-refractivity contribution is 8.00. The number of thioether (sulfide) groups is 1. The van der Waals surface area contributed by atoms with Gasteiger partial charge in [0.25, 0.3) is 17.8 Å². The second kappa shape index (κ2) is 11.0. The molecule has 2 aliphatic heterocycles. The fourth-order valence-electron chi connectivity index (χ4n) is 3.28. The molecule has 0 aliphatic carbocycles. The fourth-order valence-corrected chi connectivity index (χ4v) is 4.61. The van der Waals surface area contributed by atoms with Gasteiger partial charge in [-0.2, -0.15) is 4.98 Å². The van der Waals surface area contributed by atoms with Crippen LogP contribution in [0.5, 0.6) is 0 Å². The molecule has 2 aliphatic rings. The van der Waals surface area contributed by atoms with Gasteiger partial charge in [0.05, 0.1) is 12.0 Å². The molecule has 15 heteroatoms. The molecule has 196 valence electrons. The standard InChI is InChI=1S/C21H27N5O9S/c1-21(2,3)19(30)35-9-34-18(29)14-10(6-31-4)8-36-17-13(16(28)26(14)17)24-15(27)12(25-32-5)11-7-33-20(22)23-11/h7,13,17H,6,8-9H2,1-5H3,(H2,22,23)(H,24,27)/b25-12-/t13-,17-/m1/s1. The van der Waals surface area contributed by atoms with Crippen LogP contribution in [-0.2, 0) is 38.2 Å². The summed E-state index contributed by atoms with van der Waals surface area (Å²) in [5.41, 5.74) is 4.95. The number of oxazole rings is 1. The molecule has 1 aromatic rings. The number of methoxy groups -OCH3 is 1. The molecule has 0 unspecified atom stereocenters. The Morgan fingerprint density at radius 3 is 2.61 bits per heavy atom.